The summed E-state index contributed by atoms with van der Waals surface area (Å²) in [6.07, 6.45) is 0. The van der Waals surface area contributed by atoms with Crippen LogP contribution >= 0.6 is 0 Å². The maximum atomic E-state index is 13.0. The van der Waals surface area contributed by atoms with Gasteiger partial charge in [-0.1, -0.05) is 6.92 Å². The Morgan fingerprint density at radius 1 is 1.46 bits per heavy atom. The van der Waals surface area contributed by atoms with E-state index in [0.29, 0.717) is 0 Å². The smallest absolute Gasteiger partial charge is 0.181 e. The van der Waals surface area contributed by atoms with Crippen LogP contribution in [0.25, 0.3) is 0 Å². The molecule has 1 rings (SSSR count). The van der Waals surface area contributed by atoms with Gasteiger partial charge >= 0.3 is 0 Å². The van der Waals surface area contributed by atoms with Crippen molar-refractivity contribution < 1.29 is 12.8 Å². The van der Waals surface area contributed by atoms with E-state index in [0.717, 1.165) is 12.1 Å². The molecule has 13 heavy (non-hydrogen) atoms. The predicted octanol–water partition coefficient (Wildman–Crippen LogP) is 1.20. The molecule has 0 aliphatic carbocycles. The molecule has 0 unspecified atom stereocenters. The molecule has 0 radical (unpaired) electrons. The lowest BCUT2D eigenvalue weighted by Gasteiger charge is -2.03. The van der Waals surface area contributed by atoms with E-state index in [9.17, 15) is 12.8 Å². The molecule has 3 nitrogen and oxygen atoms in total. The zero-order valence-corrected chi connectivity index (χ0v) is 7.94. The van der Waals surface area contributed by atoms with E-state index >= 15 is 0 Å². The van der Waals surface area contributed by atoms with Gasteiger partial charge in [0.25, 0.3) is 0 Å². The molecule has 0 saturated heterocycles. The third kappa shape index (κ3) is 1.98. The van der Waals surface area contributed by atoms with Crippen molar-refractivity contribution in [2.24, 2.45) is 0 Å². The van der Waals surface area contributed by atoms with Gasteiger partial charge in [-0.15, -0.1) is 0 Å². The second-order valence-electron chi connectivity index (χ2n) is 2.59. The molecule has 5 heteroatoms. The van der Waals surface area contributed by atoms with Gasteiger partial charge < -0.3 is 5.73 Å². The summed E-state index contributed by atoms with van der Waals surface area (Å²) >= 11 is 0. The number of halogens is 1. The Labute approximate surface area is 76.3 Å². The van der Waals surface area contributed by atoms with Crippen molar-refractivity contribution >= 4 is 15.5 Å². The van der Waals surface area contributed by atoms with Gasteiger partial charge in [0.15, 0.2) is 9.84 Å². The highest BCUT2D eigenvalue weighted by Crippen LogP contribution is 2.18. The van der Waals surface area contributed by atoms with Crippen LogP contribution in [0.15, 0.2) is 23.1 Å². The van der Waals surface area contributed by atoms with Crippen molar-refractivity contribution in [2.75, 3.05) is 11.5 Å². The minimum Gasteiger partial charge on any atom is -0.399 e. The lowest BCUT2D eigenvalue weighted by molar-refractivity contribution is 0.568. The van der Waals surface area contributed by atoms with Gasteiger partial charge in [-0.05, 0) is 18.2 Å². The number of benzene rings is 1. The lowest BCUT2D eigenvalue weighted by Crippen LogP contribution is -2.06. The van der Waals surface area contributed by atoms with Gasteiger partial charge in [0.2, 0.25) is 0 Å². The van der Waals surface area contributed by atoms with Crippen LogP contribution in [0.3, 0.4) is 0 Å². The average molecular weight is 203 g/mol. The highest BCUT2D eigenvalue weighted by Gasteiger charge is 2.16. The summed E-state index contributed by atoms with van der Waals surface area (Å²) in [6, 6.07) is 3.51. The van der Waals surface area contributed by atoms with Crippen LogP contribution in [-0.4, -0.2) is 14.2 Å². The maximum Gasteiger partial charge on any atom is 0.181 e. The topological polar surface area (TPSA) is 60.2 Å². The minimum atomic E-state index is -3.51. The molecule has 0 fully saturated rings. The Bertz CT molecular complexity index is 414. The summed E-state index contributed by atoms with van der Waals surface area (Å²) in [6.45, 7) is 1.46. The summed E-state index contributed by atoms with van der Waals surface area (Å²) in [7, 11) is -3.51. The van der Waals surface area contributed by atoms with Gasteiger partial charge in [-0.2, -0.15) is 0 Å². The van der Waals surface area contributed by atoms with E-state index in [2.05, 4.69) is 0 Å². The quantitative estimate of drug-likeness (QED) is 0.735. The van der Waals surface area contributed by atoms with Crippen LogP contribution in [0.5, 0.6) is 0 Å². The number of sulfone groups is 1. The molecular formula is C8H10FNO2S. The molecule has 0 heterocycles. The average Bonchev–Trinajstić information content (AvgIpc) is 2.09. The van der Waals surface area contributed by atoms with Crippen molar-refractivity contribution in [1.29, 1.82) is 0 Å². The molecule has 0 aliphatic rings. The molecule has 0 aliphatic heterocycles. The first kappa shape index (κ1) is 9.98. The number of hydrogen-bond acceptors (Lipinski definition) is 3. The molecule has 1 aromatic carbocycles. The first-order valence-electron chi connectivity index (χ1n) is 3.75. The normalized spacial score (nSPS) is 11.5. The fraction of sp³-hybridized carbons (Fsp3) is 0.250. The van der Waals surface area contributed by atoms with E-state index < -0.39 is 15.7 Å². The Morgan fingerprint density at radius 3 is 2.62 bits per heavy atom. The van der Waals surface area contributed by atoms with E-state index in [4.69, 9.17) is 5.73 Å². The molecule has 0 saturated carbocycles. The van der Waals surface area contributed by atoms with Gasteiger partial charge in [-0.3, -0.25) is 0 Å². The van der Waals surface area contributed by atoms with E-state index in [1.807, 2.05) is 0 Å². The van der Waals surface area contributed by atoms with Crippen molar-refractivity contribution in [2.45, 2.75) is 11.8 Å². The molecule has 0 aromatic heterocycles. The van der Waals surface area contributed by atoms with E-state index in [1.54, 1.807) is 0 Å². The molecule has 0 amide bonds. The minimum absolute atomic E-state index is 0.132. The zero-order chi connectivity index (χ0) is 10.1. The van der Waals surface area contributed by atoms with E-state index in [1.165, 1.54) is 13.0 Å². The Morgan fingerprint density at radius 2 is 2.08 bits per heavy atom. The van der Waals surface area contributed by atoms with Crippen LogP contribution in [-0.2, 0) is 9.84 Å². The van der Waals surface area contributed by atoms with Crippen LogP contribution < -0.4 is 5.73 Å². The zero-order valence-electron chi connectivity index (χ0n) is 7.12. The summed E-state index contributed by atoms with van der Waals surface area (Å²) in [4.78, 5) is -0.324. The largest absolute Gasteiger partial charge is 0.399 e. The number of rotatable bonds is 2. The third-order valence-corrected chi connectivity index (χ3v) is 3.41. The number of nitrogen functional groups attached to an aromatic ring is 1. The van der Waals surface area contributed by atoms with Crippen molar-refractivity contribution in [3.05, 3.63) is 24.0 Å². The van der Waals surface area contributed by atoms with Gasteiger partial charge in [0, 0.05) is 5.69 Å². The molecule has 1 aromatic rings. The lowest BCUT2D eigenvalue weighted by atomic mass is 10.3. The fourth-order valence-electron chi connectivity index (χ4n) is 0.914. The predicted molar refractivity (Wildman–Crippen MR) is 48.5 cm³/mol. The molecule has 0 bridgehead atoms. The maximum absolute atomic E-state index is 13.0. The van der Waals surface area contributed by atoms with Crippen LogP contribution in [0, 0.1) is 5.82 Å². The van der Waals surface area contributed by atoms with Crippen LogP contribution in [0.2, 0.25) is 0 Å². The van der Waals surface area contributed by atoms with Gasteiger partial charge in [0.1, 0.15) is 10.7 Å². The number of nitrogens with two attached hydrogens (primary N) is 1. The van der Waals surface area contributed by atoms with Crippen molar-refractivity contribution in [3.8, 4) is 0 Å². The SMILES string of the molecule is CCS(=O)(=O)c1cc(N)ccc1F. The molecule has 0 spiro atoms. The highest BCUT2D eigenvalue weighted by molar-refractivity contribution is 7.91. The number of hydrogen-bond donors (Lipinski definition) is 1. The van der Waals surface area contributed by atoms with Crippen LogP contribution in [0.4, 0.5) is 10.1 Å². The highest BCUT2D eigenvalue weighted by atomic mass is 32.2. The second kappa shape index (κ2) is 3.33. The Hall–Kier alpha value is -1.10. The fourth-order valence-corrected chi connectivity index (χ4v) is 1.91. The van der Waals surface area contributed by atoms with E-state index in [-0.39, 0.29) is 16.3 Å². The summed E-state index contributed by atoms with van der Waals surface area (Å²) in [5, 5.41) is 0. The van der Waals surface area contributed by atoms with Crippen molar-refractivity contribution in [3.63, 3.8) is 0 Å². The first-order chi connectivity index (χ1) is 5.97. The first-order valence-corrected chi connectivity index (χ1v) is 5.40. The molecular weight excluding hydrogens is 193 g/mol. The third-order valence-electron chi connectivity index (χ3n) is 1.67. The Kier molecular flexibility index (Phi) is 2.56. The summed E-state index contributed by atoms with van der Waals surface area (Å²) < 4.78 is 35.6. The van der Waals surface area contributed by atoms with Crippen LogP contribution in [0.1, 0.15) is 6.92 Å². The monoisotopic (exact) mass is 203 g/mol. The van der Waals surface area contributed by atoms with Gasteiger partial charge in [0.05, 0.1) is 5.75 Å². The molecule has 72 valence electrons. The standard InChI is InChI=1S/C8H10FNO2S/c1-2-13(11,12)8-5-6(10)3-4-7(8)9/h3-5H,2,10H2,1H3. The molecule has 2 N–H and O–H groups in total. The Balaban J connectivity index is 3.38. The summed E-state index contributed by atoms with van der Waals surface area (Å²) in [5.74, 6) is -0.885. The van der Waals surface area contributed by atoms with Gasteiger partial charge in [-0.25, -0.2) is 12.8 Å². The summed E-state index contributed by atoms with van der Waals surface area (Å²) in [5.41, 5.74) is 5.59. The number of anilines is 1. The van der Waals surface area contributed by atoms with Crippen molar-refractivity contribution in [1.82, 2.24) is 0 Å². The second-order valence-corrected chi connectivity index (χ2v) is 4.84. The molecule has 0 atom stereocenters.